The van der Waals surface area contributed by atoms with Crippen molar-refractivity contribution in [3.05, 3.63) is 58.8 Å². The number of para-hydroxylation sites is 2. The molecule has 32 heavy (non-hydrogen) atoms. The number of nitrogens with zero attached hydrogens (tertiary/aromatic N) is 1. The Hall–Kier alpha value is -2.86. The summed E-state index contributed by atoms with van der Waals surface area (Å²) in [5.74, 6) is -0.932. The zero-order valence-electron chi connectivity index (χ0n) is 17.5. The third-order valence-corrected chi connectivity index (χ3v) is 4.91. The first-order valence-electron chi connectivity index (χ1n) is 9.92. The minimum absolute atomic E-state index is 0.0622. The maximum absolute atomic E-state index is 12.4. The van der Waals surface area contributed by atoms with Crippen LogP contribution in [0.3, 0.4) is 0 Å². The molecule has 3 aromatic rings. The maximum Gasteiger partial charge on any atom is 0.323 e. The van der Waals surface area contributed by atoms with Gasteiger partial charge in [-0.25, -0.2) is 0 Å². The normalized spacial score (nSPS) is 14.9. The van der Waals surface area contributed by atoms with Crippen LogP contribution in [0.4, 0.5) is 0 Å². The lowest BCUT2D eigenvalue weighted by molar-refractivity contribution is -0.137. The van der Waals surface area contributed by atoms with Crippen molar-refractivity contribution in [1.29, 1.82) is 0 Å². The standard InChI is InChI=1S/C15H11NO3.C7H17NO5/c17-14(18)9-16-12-7-3-1-5-10(12)15(19)11-6-2-4-8-13(11)16;1-8-2-4(10)6(12)7(13)5(11)3-9/h1-8H,9H2,(H,17,18);4-13H,2-3H2,1H3/t;4-,5+,6+,7+/m.0/s1. The number of rotatable bonds is 8. The highest BCUT2D eigenvalue weighted by atomic mass is 16.4. The van der Waals surface area contributed by atoms with E-state index in [1.54, 1.807) is 60.1 Å². The van der Waals surface area contributed by atoms with E-state index in [2.05, 4.69) is 5.32 Å². The second-order valence-corrected chi connectivity index (χ2v) is 7.20. The van der Waals surface area contributed by atoms with Gasteiger partial charge in [0.1, 0.15) is 24.9 Å². The number of benzene rings is 2. The first-order chi connectivity index (χ1) is 15.2. The fraction of sp³-hybridized carbons (Fsp3) is 0.364. The Balaban J connectivity index is 0.000000247. The summed E-state index contributed by atoms with van der Waals surface area (Å²) in [6, 6.07) is 14.2. The summed E-state index contributed by atoms with van der Waals surface area (Å²) in [4.78, 5) is 23.4. The molecule has 1 heterocycles. The van der Waals surface area contributed by atoms with Gasteiger partial charge in [0, 0.05) is 17.3 Å². The van der Waals surface area contributed by atoms with E-state index in [9.17, 15) is 14.7 Å². The summed E-state index contributed by atoms with van der Waals surface area (Å²) in [6.45, 7) is -0.734. The third kappa shape index (κ3) is 5.88. The first kappa shape index (κ1) is 25.4. The summed E-state index contributed by atoms with van der Waals surface area (Å²) in [5.41, 5.74) is 1.23. The number of carboxylic acids is 1. The van der Waals surface area contributed by atoms with Gasteiger partial charge in [-0.3, -0.25) is 9.59 Å². The number of carboxylic acid groups (broad SMARTS) is 1. The minimum atomic E-state index is -1.55. The molecule has 0 bridgehead atoms. The molecule has 0 aliphatic heterocycles. The van der Waals surface area contributed by atoms with Crippen LogP contribution in [0.5, 0.6) is 0 Å². The van der Waals surface area contributed by atoms with Crippen molar-refractivity contribution < 1.29 is 35.4 Å². The van der Waals surface area contributed by atoms with E-state index in [-0.39, 0.29) is 18.5 Å². The molecule has 0 aliphatic carbocycles. The number of fused-ring (bicyclic) bond motifs is 2. The molecular weight excluding hydrogens is 420 g/mol. The van der Waals surface area contributed by atoms with Gasteiger partial charge in [0.15, 0.2) is 5.43 Å². The molecule has 0 saturated carbocycles. The van der Waals surface area contributed by atoms with Gasteiger partial charge in [0.2, 0.25) is 0 Å². The molecule has 1 aromatic heterocycles. The average molecular weight is 448 g/mol. The topological polar surface area (TPSA) is 172 Å². The Kier molecular flexibility index (Phi) is 9.27. The molecule has 3 rings (SSSR count). The molecule has 0 fully saturated rings. The predicted octanol–water partition coefficient (Wildman–Crippen LogP) is -1.12. The van der Waals surface area contributed by atoms with Crippen LogP contribution >= 0.6 is 0 Å². The van der Waals surface area contributed by atoms with Gasteiger partial charge in [0.05, 0.1) is 23.7 Å². The molecule has 4 atom stereocenters. The Morgan fingerprint density at radius 2 is 1.38 bits per heavy atom. The molecule has 0 aliphatic rings. The number of aromatic nitrogens is 1. The van der Waals surface area contributed by atoms with Gasteiger partial charge in [-0.15, -0.1) is 0 Å². The van der Waals surface area contributed by atoms with E-state index in [1.807, 2.05) is 0 Å². The molecule has 0 spiro atoms. The van der Waals surface area contributed by atoms with E-state index in [1.165, 1.54) is 0 Å². The molecule has 0 unspecified atom stereocenters. The average Bonchev–Trinajstić information content (AvgIpc) is 2.80. The van der Waals surface area contributed by atoms with E-state index < -0.39 is 37.0 Å². The van der Waals surface area contributed by atoms with E-state index >= 15 is 0 Å². The third-order valence-electron chi connectivity index (χ3n) is 4.91. The lowest BCUT2D eigenvalue weighted by Crippen LogP contribution is -2.48. The van der Waals surface area contributed by atoms with Crippen molar-refractivity contribution in [3.8, 4) is 0 Å². The number of carbonyl (C=O) groups is 1. The van der Waals surface area contributed by atoms with Gasteiger partial charge in [0.25, 0.3) is 0 Å². The van der Waals surface area contributed by atoms with Crippen molar-refractivity contribution in [2.24, 2.45) is 0 Å². The van der Waals surface area contributed by atoms with Gasteiger partial charge < -0.3 is 40.5 Å². The maximum atomic E-state index is 12.4. The van der Waals surface area contributed by atoms with Gasteiger partial charge >= 0.3 is 5.97 Å². The van der Waals surface area contributed by atoms with Gasteiger partial charge in [-0.1, -0.05) is 24.3 Å². The van der Waals surface area contributed by atoms with Crippen LogP contribution in [0.2, 0.25) is 0 Å². The molecule has 0 saturated heterocycles. The highest BCUT2D eigenvalue weighted by Crippen LogP contribution is 2.18. The summed E-state index contributed by atoms with van der Waals surface area (Å²) in [6.07, 6.45) is -5.65. The molecule has 174 valence electrons. The zero-order chi connectivity index (χ0) is 23.8. The highest BCUT2D eigenvalue weighted by Gasteiger charge is 2.29. The Morgan fingerprint density at radius 3 is 1.81 bits per heavy atom. The number of aliphatic hydroxyl groups is 5. The van der Waals surface area contributed by atoms with Crippen LogP contribution in [0, 0.1) is 0 Å². The van der Waals surface area contributed by atoms with Crippen LogP contribution in [0.15, 0.2) is 53.3 Å². The molecule has 2 aromatic carbocycles. The molecule has 7 N–H and O–H groups in total. The summed E-state index contributed by atoms with van der Waals surface area (Å²) in [5, 5.41) is 57.6. The molecule has 10 nitrogen and oxygen atoms in total. The number of hydrogen-bond acceptors (Lipinski definition) is 8. The van der Waals surface area contributed by atoms with Crippen LogP contribution < -0.4 is 10.7 Å². The summed E-state index contributed by atoms with van der Waals surface area (Å²) in [7, 11) is 1.57. The van der Waals surface area contributed by atoms with Crippen LogP contribution in [-0.2, 0) is 11.3 Å². The van der Waals surface area contributed by atoms with Crippen LogP contribution in [-0.4, -0.2) is 85.8 Å². The monoisotopic (exact) mass is 448 g/mol. The van der Waals surface area contributed by atoms with Crippen LogP contribution in [0.25, 0.3) is 21.8 Å². The van der Waals surface area contributed by atoms with E-state index in [0.717, 1.165) is 0 Å². The number of aliphatic hydroxyl groups excluding tert-OH is 5. The number of hydrogen-bond donors (Lipinski definition) is 7. The number of nitrogens with one attached hydrogen (secondary N) is 1. The zero-order valence-corrected chi connectivity index (χ0v) is 17.5. The fourth-order valence-electron chi connectivity index (χ4n) is 3.28. The van der Waals surface area contributed by atoms with Crippen molar-refractivity contribution in [1.82, 2.24) is 9.88 Å². The largest absolute Gasteiger partial charge is 0.480 e. The quantitative estimate of drug-likeness (QED) is 0.211. The van der Waals surface area contributed by atoms with E-state index in [0.29, 0.717) is 21.8 Å². The van der Waals surface area contributed by atoms with Gasteiger partial charge in [-0.2, -0.15) is 0 Å². The lowest BCUT2D eigenvalue weighted by atomic mass is 10.0. The number of likely N-dealkylation sites (N-methyl/N-ethyl adjacent to an activating group) is 1. The Labute approximate surface area is 183 Å². The van der Waals surface area contributed by atoms with Crippen LogP contribution in [0.1, 0.15) is 0 Å². The molecule has 0 amide bonds. The second-order valence-electron chi connectivity index (χ2n) is 7.20. The number of pyridine rings is 1. The minimum Gasteiger partial charge on any atom is -0.480 e. The van der Waals surface area contributed by atoms with Crippen molar-refractivity contribution >= 4 is 27.8 Å². The number of aliphatic carboxylic acids is 1. The Bertz CT molecular complexity index is 1040. The van der Waals surface area contributed by atoms with Crippen molar-refractivity contribution in [2.45, 2.75) is 31.0 Å². The van der Waals surface area contributed by atoms with Crippen molar-refractivity contribution in [3.63, 3.8) is 0 Å². The molecular formula is C22H28N2O8. The smallest absolute Gasteiger partial charge is 0.323 e. The SMILES string of the molecule is CNC[C@H](O)[C@@H](O)[C@H](O)[C@H](O)CO.O=C(O)Cn1c2ccccc2c(=O)c2ccccc21. The van der Waals surface area contributed by atoms with Gasteiger partial charge in [-0.05, 0) is 31.3 Å². The highest BCUT2D eigenvalue weighted by molar-refractivity contribution is 5.94. The summed E-state index contributed by atoms with van der Waals surface area (Å²) < 4.78 is 1.66. The fourth-order valence-corrected chi connectivity index (χ4v) is 3.28. The van der Waals surface area contributed by atoms with Crippen molar-refractivity contribution in [2.75, 3.05) is 20.2 Å². The molecule has 10 heteroatoms. The lowest BCUT2D eigenvalue weighted by Gasteiger charge is -2.25. The Morgan fingerprint density at radius 1 is 0.906 bits per heavy atom. The van der Waals surface area contributed by atoms with E-state index in [4.69, 9.17) is 25.5 Å². The summed E-state index contributed by atoms with van der Waals surface area (Å²) >= 11 is 0. The predicted molar refractivity (Wildman–Crippen MR) is 118 cm³/mol. The molecule has 0 radical (unpaired) electrons. The first-order valence-corrected chi connectivity index (χ1v) is 9.92. The second kappa shape index (κ2) is 11.7.